The number of benzene rings is 1. The van der Waals surface area contributed by atoms with Gasteiger partial charge in [-0.15, -0.1) is 0 Å². The van der Waals surface area contributed by atoms with Crippen molar-refractivity contribution in [3.8, 4) is 0 Å². The molecule has 0 unspecified atom stereocenters. The van der Waals surface area contributed by atoms with E-state index in [1.54, 1.807) is 15.8 Å². The molecule has 0 fully saturated rings. The molecule has 0 saturated heterocycles. The number of nitrogens with zero attached hydrogens (tertiary/aromatic N) is 5. The van der Waals surface area contributed by atoms with Crippen molar-refractivity contribution >= 4 is 22.6 Å². The van der Waals surface area contributed by atoms with Crippen LogP contribution in [0.1, 0.15) is 34.1 Å². The summed E-state index contributed by atoms with van der Waals surface area (Å²) in [4.78, 5) is 31.5. The number of hydrogen-bond acceptors (Lipinski definition) is 4. The molecule has 0 aliphatic rings. The summed E-state index contributed by atoms with van der Waals surface area (Å²) in [6.07, 6.45) is 3.28. The van der Waals surface area contributed by atoms with E-state index in [-0.39, 0.29) is 30.0 Å². The number of rotatable bonds is 5. The van der Waals surface area contributed by atoms with Crippen LogP contribution in [-0.4, -0.2) is 31.8 Å². The number of carbonyl (C=O) groups is 1. The minimum atomic E-state index is -0.263. The van der Waals surface area contributed by atoms with Gasteiger partial charge in [0.15, 0.2) is 5.65 Å². The molecule has 2 heterocycles. The van der Waals surface area contributed by atoms with Crippen LogP contribution in [0.25, 0.3) is 11.0 Å². The lowest BCUT2D eigenvalue weighted by Gasteiger charge is -2.21. The molecule has 7 nitrogen and oxygen atoms in total. The van der Waals surface area contributed by atoms with Crippen molar-refractivity contribution in [1.29, 1.82) is 0 Å². The van der Waals surface area contributed by atoms with Crippen molar-refractivity contribution in [2.24, 2.45) is 0 Å². The van der Waals surface area contributed by atoms with E-state index >= 15 is 0 Å². The molecule has 1 amide bonds. The maximum absolute atomic E-state index is 12.7. The van der Waals surface area contributed by atoms with Crippen LogP contribution in [0.15, 0.2) is 47.7 Å². The monoisotopic (exact) mass is 367 g/mol. The molecule has 7 heteroatoms. The summed E-state index contributed by atoms with van der Waals surface area (Å²) in [5, 5.41) is 4.78. The second-order valence-electron chi connectivity index (χ2n) is 7.43. The Kier molecular flexibility index (Phi) is 5.12. The zero-order valence-corrected chi connectivity index (χ0v) is 16.2. The fraction of sp³-hybridized carbons (Fsp3) is 0.400. The minimum Gasteiger partial charge on any atom is -0.313 e. The first-order valence-electron chi connectivity index (χ1n) is 9.12. The molecular weight excluding hydrogens is 342 g/mol. The number of carbonyl (C=O) groups excluding carboxylic acids is 1. The summed E-state index contributed by atoms with van der Waals surface area (Å²) in [6, 6.07) is 9.53. The first-order chi connectivity index (χ1) is 12.8. The summed E-state index contributed by atoms with van der Waals surface area (Å²) in [7, 11) is 0. The Hall–Kier alpha value is -2.96. The summed E-state index contributed by atoms with van der Waals surface area (Å²) in [6.45, 7) is 8.82. The Bertz CT molecular complexity index is 999. The van der Waals surface area contributed by atoms with Crippen LogP contribution in [0, 0.1) is 0 Å². The van der Waals surface area contributed by atoms with Crippen LogP contribution in [0.4, 0.5) is 5.69 Å². The lowest BCUT2D eigenvalue weighted by Crippen LogP contribution is -2.32. The molecule has 3 rings (SSSR count). The molecule has 0 spiro atoms. The second kappa shape index (κ2) is 7.34. The van der Waals surface area contributed by atoms with E-state index in [1.165, 1.54) is 10.9 Å². The summed E-state index contributed by atoms with van der Waals surface area (Å²) in [5.74, 6) is -0.0268. The predicted molar refractivity (Wildman–Crippen MR) is 106 cm³/mol. The molecule has 2 aromatic heterocycles. The van der Waals surface area contributed by atoms with Gasteiger partial charge < -0.3 is 4.90 Å². The summed E-state index contributed by atoms with van der Waals surface area (Å²) < 4.78 is 3.22. The molecule has 0 radical (unpaired) electrons. The molecule has 27 heavy (non-hydrogen) atoms. The number of para-hydroxylation sites is 1. The number of anilines is 1. The first kappa shape index (κ1) is 18.8. The predicted octanol–water partition coefficient (Wildman–Crippen LogP) is 2.79. The van der Waals surface area contributed by atoms with Gasteiger partial charge in [-0.25, -0.2) is 9.67 Å². The Morgan fingerprint density at radius 3 is 2.52 bits per heavy atom. The lowest BCUT2D eigenvalue weighted by molar-refractivity contribution is -0.118. The van der Waals surface area contributed by atoms with Crippen LogP contribution in [-0.2, 0) is 16.9 Å². The molecule has 0 aliphatic carbocycles. The highest BCUT2D eigenvalue weighted by molar-refractivity contribution is 5.93. The van der Waals surface area contributed by atoms with E-state index < -0.39 is 0 Å². The normalized spacial score (nSPS) is 11.7. The van der Waals surface area contributed by atoms with Gasteiger partial charge in [-0.2, -0.15) is 5.10 Å². The topological polar surface area (TPSA) is 73.0 Å². The van der Waals surface area contributed by atoms with Gasteiger partial charge >= 0.3 is 0 Å². The van der Waals surface area contributed by atoms with E-state index in [1.807, 2.05) is 58.0 Å². The van der Waals surface area contributed by atoms with Crippen LogP contribution in [0.5, 0.6) is 0 Å². The molecule has 0 atom stereocenters. The minimum absolute atomic E-state index is 0.0268. The molecule has 0 saturated carbocycles. The third kappa shape index (κ3) is 3.77. The molecule has 0 aliphatic heterocycles. The van der Waals surface area contributed by atoms with E-state index in [9.17, 15) is 9.59 Å². The fourth-order valence-corrected chi connectivity index (χ4v) is 3.06. The maximum Gasteiger partial charge on any atom is 0.264 e. The van der Waals surface area contributed by atoms with Crippen LogP contribution < -0.4 is 10.5 Å². The van der Waals surface area contributed by atoms with Crippen molar-refractivity contribution < 1.29 is 4.79 Å². The van der Waals surface area contributed by atoms with Gasteiger partial charge in [-0.3, -0.25) is 14.2 Å². The third-order valence-electron chi connectivity index (χ3n) is 4.44. The zero-order valence-electron chi connectivity index (χ0n) is 16.2. The quantitative estimate of drug-likeness (QED) is 0.695. The SMILES string of the molecule is CCN(C(=O)CCn1cnc2c(cnn2C(C)(C)C)c1=O)c1ccccc1. The summed E-state index contributed by atoms with van der Waals surface area (Å²) >= 11 is 0. The third-order valence-corrected chi connectivity index (χ3v) is 4.44. The van der Waals surface area contributed by atoms with Gasteiger partial charge in [-0.05, 0) is 39.8 Å². The maximum atomic E-state index is 12.7. The Labute approximate surface area is 158 Å². The van der Waals surface area contributed by atoms with E-state index in [0.29, 0.717) is 17.6 Å². The number of hydrogen-bond donors (Lipinski definition) is 0. The van der Waals surface area contributed by atoms with Crippen LogP contribution in [0.3, 0.4) is 0 Å². The fourth-order valence-electron chi connectivity index (χ4n) is 3.06. The van der Waals surface area contributed by atoms with Gasteiger partial charge in [0.25, 0.3) is 5.56 Å². The zero-order chi connectivity index (χ0) is 19.6. The van der Waals surface area contributed by atoms with Crippen molar-refractivity contribution in [2.45, 2.75) is 46.2 Å². The Morgan fingerprint density at radius 1 is 1.19 bits per heavy atom. The second-order valence-corrected chi connectivity index (χ2v) is 7.43. The van der Waals surface area contributed by atoms with Crippen molar-refractivity contribution in [1.82, 2.24) is 19.3 Å². The van der Waals surface area contributed by atoms with Gasteiger partial charge in [0.2, 0.25) is 5.91 Å². The highest BCUT2D eigenvalue weighted by Gasteiger charge is 2.20. The van der Waals surface area contributed by atoms with Gasteiger partial charge in [0, 0.05) is 25.2 Å². The number of amides is 1. The van der Waals surface area contributed by atoms with Crippen molar-refractivity contribution in [3.05, 3.63) is 53.2 Å². The molecular formula is C20H25N5O2. The first-order valence-corrected chi connectivity index (χ1v) is 9.12. The standard InChI is InChI=1S/C20H25N5O2/c1-5-24(15-9-7-6-8-10-15)17(26)11-12-23-14-21-18-16(19(23)27)13-22-25(18)20(2,3)4/h6-10,13-14H,5,11-12H2,1-4H3. The van der Waals surface area contributed by atoms with Gasteiger partial charge in [-0.1, -0.05) is 18.2 Å². The smallest absolute Gasteiger partial charge is 0.264 e. The molecule has 142 valence electrons. The van der Waals surface area contributed by atoms with Gasteiger partial charge in [0.05, 0.1) is 18.1 Å². The Morgan fingerprint density at radius 2 is 1.89 bits per heavy atom. The average molecular weight is 367 g/mol. The molecule has 0 bridgehead atoms. The van der Waals surface area contributed by atoms with Crippen LogP contribution in [0.2, 0.25) is 0 Å². The van der Waals surface area contributed by atoms with Crippen molar-refractivity contribution in [3.63, 3.8) is 0 Å². The average Bonchev–Trinajstić information content (AvgIpc) is 3.08. The number of aryl methyl sites for hydroxylation is 1. The summed E-state index contributed by atoms with van der Waals surface area (Å²) in [5.41, 5.74) is 0.985. The van der Waals surface area contributed by atoms with Crippen molar-refractivity contribution in [2.75, 3.05) is 11.4 Å². The number of aromatic nitrogens is 4. The van der Waals surface area contributed by atoms with Crippen LogP contribution >= 0.6 is 0 Å². The van der Waals surface area contributed by atoms with Gasteiger partial charge in [0.1, 0.15) is 5.39 Å². The molecule has 1 aromatic carbocycles. The number of fused-ring (bicyclic) bond motifs is 1. The molecule has 0 N–H and O–H groups in total. The van der Waals surface area contributed by atoms with E-state index in [0.717, 1.165) is 5.69 Å². The Balaban J connectivity index is 1.80. The highest BCUT2D eigenvalue weighted by Crippen LogP contribution is 2.18. The lowest BCUT2D eigenvalue weighted by atomic mass is 10.1. The van der Waals surface area contributed by atoms with E-state index in [2.05, 4.69) is 10.1 Å². The largest absolute Gasteiger partial charge is 0.313 e. The molecule has 3 aromatic rings. The highest BCUT2D eigenvalue weighted by atomic mass is 16.2. The van der Waals surface area contributed by atoms with E-state index in [4.69, 9.17) is 0 Å².